The van der Waals surface area contributed by atoms with E-state index < -0.39 is 16.7 Å². The molecule has 0 aliphatic carbocycles. The van der Waals surface area contributed by atoms with Gasteiger partial charge < -0.3 is 0 Å². The summed E-state index contributed by atoms with van der Waals surface area (Å²) in [5.41, 5.74) is 3.43. The molecule has 0 spiro atoms. The van der Waals surface area contributed by atoms with Gasteiger partial charge in [0.15, 0.2) is 0 Å². The number of aryl methyl sites for hydroxylation is 1. The van der Waals surface area contributed by atoms with Gasteiger partial charge in [-0.2, -0.15) is 0 Å². The summed E-state index contributed by atoms with van der Waals surface area (Å²) in [6, 6.07) is 19.1. The van der Waals surface area contributed by atoms with Crippen molar-refractivity contribution < 1.29 is 13.2 Å². The number of benzene rings is 4. The summed E-state index contributed by atoms with van der Waals surface area (Å²) in [6.07, 6.45) is 7.17. The zero-order chi connectivity index (χ0) is 23.4. The van der Waals surface area contributed by atoms with Crippen LogP contribution in [0.2, 0.25) is 5.02 Å². The van der Waals surface area contributed by atoms with Crippen LogP contribution in [-0.2, 0) is 6.42 Å². The van der Waals surface area contributed by atoms with Crippen molar-refractivity contribution in [1.29, 1.82) is 0 Å². The highest BCUT2D eigenvalue weighted by molar-refractivity contribution is 6.31. The predicted molar refractivity (Wildman–Crippen MR) is 132 cm³/mol. The summed E-state index contributed by atoms with van der Waals surface area (Å²) in [4.78, 5) is 0. The van der Waals surface area contributed by atoms with Crippen molar-refractivity contribution >= 4 is 22.4 Å². The van der Waals surface area contributed by atoms with E-state index >= 15 is 4.39 Å². The summed E-state index contributed by atoms with van der Waals surface area (Å²) in [5.74, 6) is -1.88. The molecule has 0 amide bonds. The summed E-state index contributed by atoms with van der Waals surface area (Å²) in [6.45, 7) is 2.21. The summed E-state index contributed by atoms with van der Waals surface area (Å²) in [7, 11) is 0. The van der Waals surface area contributed by atoms with E-state index in [4.69, 9.17) is 11.6 Å². The number of unbranched alkanes of at least 4 members (excludes halogenated alkanes) is 4. The molecule has 0 aliphatic heterocycles. The molecule has 0 fully saturated rings. The molecule has 170 valence electrons. The van der Waals surface area contributed by atoms with Crippen molar-refractivity contribution in [3.8, 4) is 22.3 Å². The van der Waals surface area contributed by atoms with E-state index in [-0.39, 0.29) is 5.82 Å². The van der Waals surface area contributed by atoms with Crippen molar-refractivity contribution in [1.82, 2.24) is 0 Å². The summed E-state index contributed by atoms with van der Waals surface area (Å²) in [5, 5.41) is 0.965. The molecule has 0 N–H and O–H groups in total. The van der Waals surface area contributed by atoms with Crippen LogP contribution in [0, 0.1) is 17.5 Å². The maximum atomic E-state index is 15.3. The number of rotatable bonds is 8. The highest BCUT2D eigenvalue weighted by Gasteiger charge is 2.12. The molecule has 0 atom stereocenters. The fraction of sp³-hybridized carbons (Fsp3) is 0.241. The Morgan fingerprint density at radius 1 is 0.667 bits per heavy atom. The Balaban J connectivity index is 1.55. The van der Waals surface area contributed by atoms with Crippen LogP contribution in [0.3, 0.4) is 0 Å². The van der Waals surface area contributed by atoms with Gasteiger partial charge in [-0.05, 0) is 52.6 Å². The fourth-order valence-corrected chi connectivity index (χ4v) is 4.33. The van der Waals surface area contributed by atoms with Crippen molar-refractivity contribution in [2.24, 2.45) is 0 Å². The molecule has 33 heavy (non-hydrogen) atoms. The molecule has 0 heterocycles. The first kappa shape index (κ1) is 23.4. The van der Waals surface area contributed by atoms with Gasteiger partial charge in [-0.25, -0.2) is 13.2 Å². The van der Waals surface area contributed by atoms with Gasteiger partial charge in [0.05, 0.1) is 0 Å². The van der Waals surface area contributed by atoms with E-state index in [1.807, 2.05) is 18.2 Å². The maximum absolute atomic E-state index is 15.3. The Morgan fingerprint density at radius 2 is 1.33 bits per heavy atom. The van der Waals surface area contributed by atoms with Gasteiger partial charge in [-0.15, -0.1) is 0 Å². The number of hydrogen-bond acceptors (Lipinski definition) is 0. The number of hydrogen-bond donors (Lipinski definition) is 0. The third-order valence-electron chi connectivity index (χ3n) is 6.10. The molecular weight excluding hydrogens is 441 g/mol. The van der Waals surface area contributed by atoms with E-state index in [2.05, 4.69) is 13.0 Å². The maximum Gasteiger partial charge on any atom is 0.145 e. The zero-order valence-corrected chi connectivity index (χ0v) is 19.4. The normalized spacial score (nSPS) is 11.3. The topological polar surface area (TPSA) is 0 Å². The SMILES string of the molecule is CCCCCCCc1ccc2c(F)c(-c3ccc(-c4cc(F)c(Cl)c(F)c4)cc3)ccc2c1. The first-order valence-corrected chi connectivity index (χ1v) is 11.8. The lowest BCUT2D eigenvalue weighted by Gasteiger charge is -2.10. The molecule has 4 aromatic carbocycles. The van der Waals surface area contributed by atoms with Crippen molar-refractivity contribution in [3.63, 3.8) is 0 Å². The van der Waals surface area contributed by atoms with E-state index in [0.717, 1.165) is 18.2 Å². The lowest BCUT2D eigenvalue weighted by molar-refractivity contribution is 0.585. The average Bonchev–Trinajstić information content (AvgIpc) is 2.82. The summed E-state index contributed by atoms with van der Waals surface area (Å²) < 4.78 is 42.9. The van der Waals surface area contributed by atoms with Gasteiger partial charge in [0, 0.05) is 10.9 Å². The second-order valence-electron chi connectivity index (χ2n) is 8.48. The van der Waals surface area contributed by atoms with Crippen LogP contribution in [0.5, 0.6) is 0 Å². The summed E-state index contributed by atoms with van der Waals surface area (Å²) >= 11 is 5.57. The Kier molecular flexibility index (Phi) is 7.39. The first-order chi connectivity index (χ1) is 16.0. The molecule has 0 saturated carbocycles. The second-order valence-corrected chi connectivity index (χ2v) is 8.86. The van der Waals surface area contributed by atoms with E-state index in [0.29, 0.717) is 27.6 Å². The number of halogens is 4. The van der Waals surface area contributed by atoms with E-state index in [1.54, 1.807) is 30.3 Å². The van der Waals surface area contributed by atoms with E-state index in [9.17, 15) is 8.78 Å². The smallest absolute Gasteiger partial charge is 0.145 e. The van der Waals surface area contributed by atoms with Crippen LogP contribution in [0.15, 0.2) is 66.7 Å². The molecule has 4 rings (SSSR count). The average molecular weight is 467 g/mol. The number of fused-ring (bicyclic) bond motifs is 1. The second kappa shape index (κ2) is 10.4. The van der Waals surface area contributed by atoms with Gasteiger partial charge >= 0.3 is 0 Å². The van der Waals surface area contributed by atoms with Gasteiger partial charge in [-0.1, -0.05) is 98.8 Å². The molecule has 4 aromatic rings. The highest BCUT2D eigenvalue weighted by Crippen LogP contribution is 2.32. The Bertz CT molecular complexity index is 1240. The van der Waals surface area contributed by atoms with Crippen molar-refractivity contribution in [2.75, 3.05) is 0 Å². The molecule has 0 saturated heterocycles. The third kappa shape index (κ3) is 5.25. The van der Waals surface area contributed by atoms with Crippen LogP contribution < -0.4 is 0 Å². The molecule has 4 heteroatoms. The largest absolute Gasteiger partial charge is 0.206 e. The molecule has 0 aromatic heterocycles. The monoisotopic (exact) mass is 466 g/mol. The molecular formula is C29H26ClF3. The molecule has 0 unspecified atom stereocenters. The lowest BCUT2D eigenvalue weighted by atomic mass is 9.96. The molecule has 0 radical (unpaired) electrons. The predicted octanol–water partition coefficient (Wildman–Crippen LogP) is 9.76. The van der Waals surface area contributed by atoms with Gasteiger partial charge in [-0.3, -0.25) is 0 Å². The third-order valence-corrected chi connectivity index (χ3v) is 6.46. The lowest BCUT2D eigenvalue weighted by Crippen LogP contribution is -1.91. The van der Waals surface area contributed by atoms with Crippen LogP contribution in [-0.4, -0.2) is 0 Å². The minimum atomic E-state index is -0.809. The molecule has 0 aliphatic rings. The van der Waals surface area contributed by atoms with E-state index in [1.165, 1.54) is 43.4 Å². The standard InChI is InChI=1S/C29H26ClF3/c1-2-3-4-5-6-7-19-8-14-25-22(16-19)13-15-24(29(25)33)21-11-9-20(10-12-21)23-17-26(31)28(30)27(32)18-23/h8-18H,2-7H2,1H3. The Hall–Kier alpha value is -2.78. The van der Waals surface area contributed by atoms with Crippen molar-refractivity contribution in [2.45, 2.75) is 45.4 Å². The van der Waals surface area contributed by atoms with Crippen molar-refractivity contribution in [3.05, 3.63) is 94.8 Å². The van der Waals surface area contributed by atoms with Gasteiger partial charge in [0.2, 0.25) is 0 Å². The zero-order valence-electron chi connectivity index (χ0n) is 18.6. The Morgan fingerprint density at radius 3 is 2.03 bits per heavy atom. The van der Waals surface area contributed by atoms with Crippen LogP contribution >= 0.6 is 11.6 Å². The minimum absolute atomic E-state index is 0.265. The Labute approximate surface area is 198 Å². The first-order valence-electron chi connectivity index (χ1n) is 11.4. The van der Waals surface area contributed by atoms with Crippen LogP contribution in [0.4, 0.5) is 13.2 Å². The van der Waals surface area contributed by atoms with Gasteiger partial charge in [0.1, 0.15) is 22.5 Å². The quantitative estimate of drug-likeness (QED) is 0.179. The minimum Gasteiger partial charge on any atom is -0.206 e. The van der Waals surface area contributed by atoms with Crippen LogP contribution in [0.1, 0.15) is 44.6 Å². The highest BCUT2D eigenvalue weighted by atomic mass is 35.5. The fourth-order valence-electron chi connectivity index (χ4n) is 4.22. The van der Waals surface area contributed by atoms with Crippen LogP contribution in [0.25, 0.3) is 33.0 Å². The molecule has 0 bridgehead atoms. The molecule has 0 nitrogen and oxygen atoms in total. The van der Waals surface area contributed by atoms with Gasteiger partial charge in [0.25, 0.3) is 0 Å².